The van der Waals surface area contributed by atoms with E-state index in [0.717, 1.165) is 24.6 Å². The normalized spacial score (nSPS) is 10.2. The lowest BCUT2D eigenvalue weighted by Crippen LogP contribution is -2.24. The third-order valence-electron chi connectivity index (χ3n) is 3.22. The number of ether oxygens (including phenoxy) is 3. The van der Waals surface area contributed by atoms with Gasteiger partial charge in [0.2, 0.25) is 0 Å². The number of anilines is 1. The summed E-state index contributed by atoms with van der Waals surface area (Å²) < 4.78 is 42.1. The number of esters is 1. The molecule has 0 atom stereocenters. The van der Waals surface area contributed by atoms with Crippen LogP contribution in [0, 0.1) is 11.6 Å². The van der Waals surface area contributed by atoms with Gasteiger partial charge in [0.15, 0.2) is 24.7 Å². The molecule has 27 heavy (non-hydrogen) atoms. The average molecular weight is 379 g/mol. The fourth-order valence-electron chi connectivity index (χ4n) is 2.00. The number of benzene rings is 2. The smallest absolute Gasteiger partial charge is 0.344 e. The molecule has 0 saturated carbocycles. The van der Waals surface area contributed by atoms with Gasteiger partial charge in [-0.25, -0.2) is 13.6 Å². The van der Waals surface area contributed by atoms with Crippen molar-refractivity contribution in [3.05, 3.63) is 54.1 Å². The van der Waals surface area contributed by atoms with Gasteiger partial charge in [-0.2, -0.15) is 0 Å². The van der Waals surface area contributed by atoms with Crippen LogP contribution in [0.4, 0.5) is 14.5 Å². The summed E-state index contributed by atoms with van der Waals surface area (Å²) in [6.07, 6.45) is 0.817. The highest BCUT2D eigenvalue weighted by Gasteiger charge is 2.12. The highest BCUT2D eigenvalue weighted by atomic mass is 19.1. The van der Waals surface area contributed by atoms with Crippen molar-refractivity contribution in [1.29, 1.82) is 0 Å². The third kappa shape index (κ3) is 6.58. The maximum Gasteiger partial charge on any atom is 0.344 e. The molecular formula is C19H19F2NO5. The van der Waals surface area contributed by atoms with Crippen LogP contribution in [-0.2, 0) is 14.3 Å². The van der Waals surface area contributed by atoms with E-state index in [9.17, 15) is 18.4 Å². The predicted molar refractivity (Wildman–Crippen MR) is 93.7 cm³/mol. The summed E-state index contributed by atoms with van der Waals surface area (Å²) >= 11 is 0. The molecule has 0 unspecified atom stereocenters. The number of amides is 1. The fraction of sp³-hybridized carbons (Fsp3) is 0.263. The summed E-state index contributed by atoms with van der Waals surface area (Å²) in [6.45, 7) is 1.36. The molecule has 0 aliphatic heterocycles. The van der Waals surface area contributed by atoms with Crippen molar-refractivity contribution < 1.29 is 32.6 Å². The molecule has 0 heterocycles. The molecule has 6 nitrogen and oxygen atoms in total. The predicted octanol–water partition coefficient (Wildman–Crippen LogP) is 3.31. The van der Waals surface area contributed by atoms with Crippen molar-refractivity contribution >= 4 is 17.6 Å². The Bertz CT molecular complexity index is 797. The highest BCUT2D eigenvalue weighted by molar-refractivity contribution is 5.92. The van der Waals surface area contributed by atoms with E-state index < -0.39 is 36.7 Å². The van der Waals surface area contributed by atoms with E-state index in [2.05, 4.69) is 5.32 Å². The Morgan fingerprint density at radius 1 is 1.00 bits per heavy atom. The Morgan fingerprint density at radius 3 is 2.41 bits per heavy atom. The lowest BCUT2D eigenvalue weighted by atomic mass is 10.3. The van der Waals surface area contributed by atoms with Crippen LogP contribution in [0.25, 0.3) is 0 Å². The molecule has 0 bridgehead atoms. The molecule has 1 amide bonds. The molecular weight excluding hydrogens is 360 g/mol. The molecule has 2 aromatic carbocycles. The zero-order chi connectivity index (χ0) is 19.6. The van der Waals surface area contributed by atoms with Crippen LogP contribution in [-0.4, -0.2) is 31.7 Å². The van der Waals surface area contributed by atoms with E-state index in [4.69, 9.17) is 14.2 Å². The minimum atomic E-state index is -0.806. The van der Waals surface area contributed by atoms with Gasteiger partial charge in [-0.1, -0.05) is 19.1 Å². The quantitative estimate of drug-likeness (QED) is 0.677. The van der Waals surface area contributed by atoms with E-state index in [1.807, 2.05) is 6.92 Å². The summed E-state index contributed by atoms with van der Waals surface area (Å²) in [5, 5.41) is 2.12. The third-order valence-corrected chi connectivity index (χ3v) is 3.22. The molecule has 1 N–H and O–H groups in total. The minimum absolute atomic E-state index is 0.339. The molecule has 0 aliphatic carbocycles. The van der Waals surface area contributed by atoms with Crippen LogP contribution in [0.5, 0.6) is 11.5 Å². The number of hydrogen-bond acceptors (Lipinski definition) is 5. The Hall–Kier alpha value is -3.16. The molecule has 0 aliphatic rings. The van der Waals surface area contributed by atoms with Crippen LogP contribution in [0.1, 0.15) is 13.3 Å². The SMILES string of the molecule is CCCOc1ccccc1OCC(=O)OCC(=O)Nc1cc(F)ccc1F. The number of para-hydroxylation sites is 2. The standard InChI is InChI=1S/C19H19F2NO5/c1-2-9-25-16-5-3-4-6-17(16)26-12-19(24)27-11-18(23)22-15-10-13(20)7-8-14(15)21/h3-8,10H,2,9,11-12H2,1H3,(H,22,23). The second-order valence-electron chi connectivity index (χ2n) is 5.42. The van der Waals surface area contributed by atoms with Gasteiger partial charge >= 0.3 is 5.97 Å². The van der Waals surface area contributed by atoms with Crippen molar-refractivity contribution in [1.82, 2.24) is 0 Å². The van der Waals surface area contributed by atoms with Crippen LogP contribution < -0.4 is 14.8 Å². The molecule has 2 rings (SSSR count). The van der Waals surface area contributed by atoms with E-state index >= 15 is 0 Å². The summed E-state index contributed by atoms with van der Waals surface area (Å²) in [5.41, 5.74) is -0.339. The summed E-state index contributed by atoms with van der Waals surface area (Å²) in [7, 11) is 0. The van der Waals surface area contributed by atoms with E-state index in [1.165, 1.54) is 0 Å². The summed E-state index contributed by atoms with van der Waals surface area (Å²) in [4.78, 5) is 23.4. The Labute approximate surface area is 155 Å². The minimum Gasteiger partial charge on any atom is -0.490 e. The number of rotatable bonds is 9. The monoisotopic (exact) mass is 379 g/mol. The van der Waals surface area contributed by atoms with Gasteiger partial charge in [0.1, 0.15) is 11.6 Å². The summed E-state index contributed by atoms with van der Waals surface area (Å²) in [5.74, 6) is -2.25. The van der Waals surface area contributed by atoms with Gasteiger partial charge < -0.3 is 19.5 Å². The Balaban J connectivity index is 1.79. The van der Waals surface area contributed by atoms with Gasteiger partial charge in [0.05, 0.1) is 12.3 Å². The first-order valence-electron chi connectivity index (χ1n) is 8.24. The fourth-order valence-corrected chi connectivity index (χ4v) is 2.00. The topological polar surface area (TPSA) is 73.9 Å². The van der Waals surface area contributed by atoms with Gasteiger partial charge in [-0.15, -0.1) is 0 Å². The van der Waals surface area contributed by atoms with E-state index in [1.54, 1.807) is 24.3 Å². The zero-order valence-corrected chi connectivity index (χ0v) is 14.7. The zero-order valence-electron chi connectivity index (χ0n) is 14.7. The number of halogens is 2. The first-order chi connectivity index (χ1) is 13.0. The van der Waals surface area contributed by atoms with Gasteiger partial charge in [-0.3, -0.25) is 4.79 Å². The molecule has 0 saturated heterocycles. The number of hydrogen-bond donors (Lipinski definition) is 1. The lowest BCUT2D eigenvalue weighted by Gasteiger charge is -2.12. The van der Waals surface area contributed by atoms with Crippen molar-refractivity contribution in [2.24, 2.45) is 0 Å². The molecule has 0 radical (unpaired) electrons. The summed E-state index contributed by atoms with van der Waals surface area (Å²) in [6, 6.07) is 9.46. The number of carbonyl (C=O) groups excluding carboxylic acids is 2. The van der Waals surface area contributed by atoms with Crippen molar-refractivity contribution in [3.63, 3.8) is 0 Å². The molecule has 8 heteroatoms. The van der Waals surface area contributed by atoms with Crippen molar-refractivity contribution in [2.75, 3.05) is 25.1 Å². The van der Waals surface area contributed by atoms with Gasteiger partial charge in [0, 0.05) is 6.07 Å². The van der Waals surface area contributed by atoms with Crippen LogP contribution in [0.2, 0.25) is 0 Å². The molecule has 0 aromatic heterocycles. The molecule has 0 spiro atoms. The maximum atomic E-state index is 13.4. The van der Waals surface area contributed by atoms with Gasteiger partial charge in [-0.05, 0) is 30.7 Å². The van der Waals surface area contributed by atoms with E-state index in [-0.39, 0.29) is 5.69 Å². The Kier molecular flexibility index (Phi) is 7.54. The number of nitrogens with one attached hydrogen (secondary N) is 1. The van der Waals surface area contributed by atoms with Crippen molar-refractivity contribution in [2.45, 2.75) is 13.3 Å². The first-order valence-corrected chi connectivity index (χ1v) is 8.24. The lowest BCUT2D eigenvalue weighted by molar-refractivity contribution is -0.149. The largest absolute Gasteiger partial charge is 0.490 e. The van der Waals surface area contributed by atoms with Gasteiger partial charge in [0.25, 0.3) is 5.91 Å². The highest BCUT2D eigenvalue weighted by Crippen LogP contribution is 2.26. The number of carbonyl (C=O) groups is 2. The molecule has 144 valence electrons. The van der Waals surface area contributed by atoms with Crippen molar-refractivity contribution in [3.8, 4) is 11.5 Å². The maximum absolute atomic E-state index is 13.4. The van der Waals surface area contributed by atoms with Crippen LogP contribution in [0.15, 0.2) is 42.5 Å². The molecule has 2 aromatic rings. The second kappa shape index (κ2) is 10.1. The van der Waals surface area contributed by atoms with E-state index in [0.29, 0.717) is 18.1 Å². The molecule has 0 fully saturated rings. The average Bonchev–Trinajstić information content (AvgIpc) is 2.66. The van der Waals surface area contributed by atoms with Crippen LogP contribution >= 0.6 is 0 Å². The van der Waals surface area contributed by atoms with Crippen LogP contribution in [0.3, 0.4) is 0 Å². The first kappa shape index (κ1) is 20.2. The Morgan fingerprint density at radius 2 is 1.70 bits per heavy atom. The second-order valence-corrected chi connectivity index (χ2v) is 5.42.